The minimum Gasteiger partial charge on any atom is -0.344 e. The van der Waals surface area contributed by atoms with Crippen LogP contribution in [0.25, 0.3) is 22.3 Å². The first-order valence-electron chi connectivity index (χ1n) is 9.37. The molecule has 0 radical (unpaired) electrons. The summed E-state index contributed by atoms with van der Waals surface area (Å²) < 4.78 is 60.7. The van der Waals surface area contributed by atoms with Gasteiger partial charge in [-0.2, -0.15) is 13.2 Å². The topological polar surface area (TPSA) is 130 Å². The maximum absolute atomic E-state index is 12.6. The summed E-state index contributed by atoms with van der Waals surface area (Å²) in [7, 11) is -3.80. The van der Waals surface area contributed by atoms with Crippen LogP contribution in [0.3, 0.4) is 0 Å². The third-order valence-electron chi connectivity index (χ3n) is 4.74. The molecule has 2 aromatic heterocycles. The van der Waals surface area contributed by atoms with Crippen molar-refractivity contribution >= 4 is 38.5 Å². The average molecular weight is 475 g/mol. The Balaban J connectivity index is 1.49. The number of amides is 2. The Morgan fingerprint density at radius 1 is 0.939 bits per heavy atom. The van der Waals surface area contributed by atoms with Crippen LogP contribution in [0.1, 0.15) is 5.56 Å². The molecule has 5 N–H and O–H groups in total. The fourth-order valence-electron chi connectivity index (χ4n) is 3.11. The highest BCUT2D eigenvalue weighted by molar-refractivity contribution is 7.89. The number of anilines is 2. The van der Waals surface area contributed by atoms with Crippen molar-refractivity contribution in [2.24, 2.45) is 5.14 Å². The molecule has 0 aliphatic carbocycles. The molecule has 0 spiro atoms. The van der Waals surface area contributed by atoms with E-state index in [1.54, 1.807) is 24.3 Å². The minimum atomic E-state index is -4.46. The van der Waals surface area contributed by atoms with Gasteiger partial charge in [0.15, 0.2) is 0 Å². The average Bonchev–Trinajstić information content (AvgIpc) is 3.15. The van der Waals surface area contributed by atoms with Gasteiger partial charge in [0.25, 0.3) is 0 Å². The molecule has 170 valence electrons. The third kappa shape index (κ3) is 4.96. The van der Waals surface area contributed by atoms with E-state index in [0.717, 1.165) is 24.3 Å². The predicted molar refractivity (Wildman–Crippen MR) is 117 cm³/mol. The molecule has 0 saturated heterocycles. The molecule has 0 aliphatic heterocycles. The highest BCUT2D eigenvalue weighted by Crippen LogP contribution is 2.30. The zero-order valence-electron chi connectivity index (χ0n) is 16.6. The molecule has 2 aromatic carbocycles. The molecule has 2 heterocycles. The normalized spacial score (nSPS) is 12.0. The molecular formula is C21H16F3N5O3S. The summed E-state index contributed by atoms with van der Waals surface area (Å²) in [6.07, 6.45) is -2.93. The number of fused-ring (bicyclic) bond motifs is 1. The standard InChI is InChI=1S/C21H16F3N5O3S/c22-21(23,24)13-3-5-14(6-4-13)27-20(30)29-18-11-26-19-16(18)9-10-17(28-19)12-1-7-15(8-2-12)33(25,31)32/h1-11H,(H,26,28)(H2,25,31,32)(H2,27,29,30). The second kappa shape index (κ2) is 8.22. The van der Waals surface area contributed by atoms with Crippen LogP contribution in [0.4, 0.5) is 29.3 Å². The van der Waals surface area contributed by atoms with Crippen molar-refractivity contribution in [2.75, 3.05) is 10.6 Å². The number of urea groups is 1. The van der Waals surface area contributed by atoms with E-state index in [2.05, 4.69) is 20.6 Å². The van der Waals surface area contributed by atoms with Gasteiger partial charge in [0.2, 0.25) is 10.0 Å². The molecule has 0 unspecified atom stereocenters. The lowest BCUT2D eigenvalue weighted by atomic mass is 10.1. The van der Waals surface area contributed by atoms with E-state index in [0.29, 0.717) is 28.0 Å². The van der Waals surface area contributed by atoms with E-state index in [1.165, 1.54) is 18.3 Å². The van der Waals surface area contributed by atoms with Gasteiger partial charge in [-0.1, -0.05) is 12.1 Å². The lowest BCUT2D eigenvalue weighted by Crippen LogP contribution is -2.19. The largest absolute Gasteiger partial charge is 0.416 e. The highest BCUT2D eigenvalue weighted by atomic mass is 32.2. The lowest BCUT2D eigenvalue weighted by Gasteiger charge is -2.09. The number of aromatic amines is 1. The summed E-state index contributed by atoms with van der Waals surface area (Å²) in [5.41, 5.74) is 1.49. The van der Waals surface area contributed by atoms with Gasteiger partial charge < -0.3 is 15.6 Å². The molecule has 0 bridgehead atoms. The van der Waals surface area contributed by atoms with Gasteiger partial charge in [0.05, 0.1) is 21.8 Å². The van der Waals surface area contributed by atoms with E-state index in [9.17, 15) is 26.4 Å². The predicted octanol–water partition coefficient (Wildman–Crippen LogP) is 4.54. The van der Waals surface area contributed by atoms with Crippen LogP contribution in [0.15, 0.2) is 71.8 Å². The molecule has 4 aromatic rings. The number of nitrogens with zero attached hydrogens (tertiary/aromatic N) is 1. The molecule has 33 heavy (non-hydrogen) atoms. The zero-order valence-corrected chi connectivity index (χ0v) is 17.5. The van der Waals surface area contributed by atoms with E-state index >= 15 is 0 Å². The highest BCUT2D eigenvalue weighted by Gasteiger charge is 2.30. The van der Waals surface area contributed by atoms with E-state index in [4.69, 9.17) is 5.14 Å². The molecule has 0 fully saturated rings. The first kappa shape index (κ1) is 22.3. The second-order valence-corrected chi connectivity index (χ2v) is 8.58. The summed E-state index contributed by atoms with van der Waals surface area (Å²) in [6, 6.07) is 12.8. The number of H-pyrrole nitrogens is 1. The van der Waals surface area contributed by atoms with Crippen molar-refractivity contribution in [3.05, 3.63) is 72.4 Å². The number of benzene rings is 2. The second-order valence-electron chi connectivity index (χ2n) is 7.02. The van der Waals surface area contributed by atoms with E-state index < -0.39 is 27.8 Å². The number of hydrogen-bond acceptors (Lipinski definition) is 4. The number of alkyl halides is 3. The number of rotatable bonds is 4. The molecule has 2 amide bonds. The Hall–Kier alpha value is -3.90. The summed E-state index contributed by atoms with van der Waals surface area (Å²) in [5, 5.41) is 10.8. The molecule has 0 aliphatic rings. The van der Waals surface area contributed by atoms with Crippen molar-refractivity contribution in [2.45, 2.75) is 11.1 Å². The number of sulfonamides is 1. The number of pyridine rings is 1. The van der Waals surface area contributed by atoms with Gasteiger partial charge >= 0.3 is 12.2 Å². The van der Waals surface area contributed by atoms with Gasteiger partial charge in [-0.3, -0.25) is 0 Å². The zero-order chi connectivity index (χ0) is 23.8. The molecule has 12 heteroatoms. The third-order valence-corrected chi connectivity index (χ3v) is 5.66. The Labute approximate surface area is 185 Å². The minimum absolute atomic E-state index is 0.0160. The van der Waals surface area contributed by atoms with Gasteiger partial charge in [-0.15, -0.1) is 0 Å². The van der Waals surface area contributed by atoms with Crippen molar-refractivity contribution in [1.82, 2.24) is 9.97 Å². The van der Waals surface area contributed by atoms with Crippen LogP contribution in [-0.2, 0) is 16.2 Å². The van der Waals surface area contributed by atoms with Crippen LogP contribution in [0, 0.1) is 0 Å². The first-order chi connectivity index (χ1) is 15.5. The van der Waals surface area contributed by atoms with E-state index in [-0.39, 0.29) is 10.6 Å². The van der Waals surface area contributed by atoms with Crippen LogP contribution in [-0.4, -0.2) is 24.4 Å². The number of halogens is 3. The quantitative estimate of drug-likeness (QED) is 0.345. The van der Waals surface area contributed by atoms with Gasteiger partial charge in [0, 0.05) is 22.8 Å². The number of nitrogens with one attached hydrogen (secondary N) is 3. The number of carbonyl (C=O) groups excluding carboxylic acids is 1. The molecule has 0 atom stereocenters. The van der Waals surface area contributed by atoms with E-state index in [1.807, 2.05) is 0 Å². The lowest BCUT2D eigenvalue weighted by molar-refractivity contribution is -0.137. The summed E-state index contributed by atoms with van der Waals surface area (Å²) in [5.74, 6) is 0. The smallest absolute Gasteiger partial charge is 0.344 e. The fraction of sp³-hybridized carbons (Fsp3) is 0.0476. The monoisotopic (exact) mass is 475 g/mol. The first-order valence-corrected chi connectivity index (χ1v) is 10.9. The number of primary sulfonamides is 1. The van der Waals surface area contributed by atoms with Crippen molar-refractivity contribution in [3.63, 3.8) is 0 Å². The SMILES string of the molecule is NS(=O)(=O)c1ccc(-c2ccc3c(NC(=O)Nc4ccc(C(F)(F)F)cc4)c[nH]c3n2)cc1. The molecule has 8 nitrogen and oxygen atoms in total. The summed E-state index contributed by atoms with van der Waals surface area (Å²) >= 11 is 0. The fourth-order valence-corrected chi connectivity index (χ4v) is 3.63. The van der Waals surface area contributed by atoms with Crippen molar-refractivity contribution < 1.29 is 26.4 Å². The number of nitrogens with two attached hydrogens (primary N) is 1. The van der Waals surface area contributed by atoms with Crippen molar-refractivity contribution in [3.8, 4) is 11.3 Å². The van der Waals surface area contributed by atoms with Gasteiger partial charge in [0.1, 0.15) is 5.65 Å². The molecule has 0 saturated carbocycles. The number of carbonyl (C=O) groups is 1. The Morgan fingerprint density at radius 2 is 1.61 bits per heavy atom. The van der Waals surface area contributed by atoms with Crippen LogP contribution in [0.5, 0.6) is 0 Å². The number of aromatic nitrogens is 2. The Kier molecular flexibility index (Phi) is 5.56. The maximum atomic E-state index is 12.6. The number of hydrogen-bond donors (Lipinski definition) is 4. The summed E-state index contributed by atoms with van der Waals surface area (Å²) in [6.45, 7) is 0. The summed E-state index contributed by atoms with van der Waals surface area (Å²) in [4.78, 5) is 19.7. The van der Waals surface area contributed by atoms with Gasteiger partial charge in [-0.25, -0.2) is 23.3 Å². The van der Waals surface area contributed by atoms with Crippen LogP contribution < -0.4 is 15.8 Å². The Morgan fingerprint density at radius 3 is 2.21 bits per heavy atom. The van der Waals surface area contributed by atoms with Crippen LogP contribution in [0.2, 0.25) is 0 Å². The maximum Gasteiger partial charge on any atom is 0.416 e. The van der Waals surface area contributed by atoms with Gasteiger partial charge in [-0.05, 0) is 48.5 Å². The Bertz CT molecular complexity index is 1430. The molecule has 4 rings (SSSR count). The van der Waals surface area contributed by atoms with Crippen LogP contribution >= 0.6 is 0 Å². The van der Waals surface area contributed by atoms with Crippen molar-refractivity contribution in [1.29, 1.82) is 0 Å². The molecular weight excluding hydrogens is 459 g/mol.